The number of para-hydroxylation sites is 1. The summed E-state index contributed by atoms with van der Waals surface area (Å²) in [5, 5.41) is 13.5. The largest absolute Gasteiger partial charge is 0.393 e. The Kier molecular flexibility index (Phi) is 4.19. The van der Waals surface area contributed by atoms with Crippen LogP contribution in [-0.4, -0.2) is 35.4 Å². The molecule has 1 aliphatic heterocycles. The Bertz CT molecular complexity index is 532. The Labute approximate surface area is 116 Å². The fraction of sp³-hybridized carbons (Fsp3) is 0.462. The van der Waals surface area contributed by atoms with E-state index in [0.29, 0.717) is 12.1 Å². The fourth-order valence-electron chi connectivity index (χ4n) is 2.59. The number of nitrogens with zero attached hydrogens (tertiary/aromatic N) is 2. The van der Waals surface area contributed by atoms with Gasteiger partial charge in [-0.15, -0.1) is 0 Å². The molecule has 0 spiro atoms. The highest BCUT2D eigenvalue weighted by atomic mass is 16.6. The second-order valence-corrected chi connectivity index (χ2v) is 4.85. The quantitative estimate of drug-likeness (QED) is 0.484. The molecule has 0 radical (unpaired) electrons. The van der Waals surface area contributed by atoms with Crippen LogP contribution in [0.2, 0.25) is 0 Å². The molecule has 0 bridgehead atoms. The molecule has 0 aromatic heterocycles. The summed E-state index contributed by atoms with van der Waals surface area (Å²) in [5.41, 5.74) is 6.63. The van der Waals surface area contributed by atoms with Crippen LogP contribution < -0.4 is 11.1 Å². The van der Waals surface area contributed by atoms with E-state index < -0.39 is 4.92 Å². The van der Waals surface area contributed by atoms with Crippen molar-refractivity contribution in [3.8, 4) is 0 Å². The number of carbonyl (C=O) groups is 1. The van der Waals surface area contributed by atoms with E-state index in [1.165, 1.54) is 6.07 Å². The van der Waals surface area contributed by atoms with Gasteiger partial charge < -0.3 is 11.1 Å². The zero-order valence-corrected chi connectivity index (χ0v) is 11.3. The summed E-state index contributed by atoms with van der Waals surface area (Å²) in [4.78, 5) is 24.2. The minimum Gasteiger partial charge on any atom is -0.393 e. The molecule has 7 heteroatoms. The summed E-state index contributed by atoms with van der Waals surface area (Å²) in [6.45, 7) is 1.24. The molecule has 1 saturated heterocycles. The number of hydrogen-bond donors (Lipinski definition) is 2. The predicted octanol–water partition coefficient (Wildman–Crippen LogP) is 0.887. The van der Waals surface area contributed by atoms with Crippen molar-refractivity contribution >= 4 is 17.3 Å². The SMILES string of the molecule is CNC(=O)C1CCCN1Cc1cccc([N+](=O)[O-])c1N. The van der Waals surface area contributed by atoms with Crippen LogP contribution in [-0.2, 0) is 11.3 Å². The third-order valence-corrected chi connectivity index (χ3v) is 3.66. The van der Waals surface area contributed by atoms with E-state index in [1.807, 2.05) is 4.90 Å². The van der Waals surface area contributed by atoms with E-state index in [-0.39, 0.29) is 23.3 Å². The predicted molar refractivity (Wildman–Crippen MR) is 75.0 cm³/mol. The summed E-state index contributed by atoms with van der Waals surface area (Å²) in [6.07, 6.45) is 1.74. The van der Waals surface area contributed by atoms with Gasteiger partial charge in [-0.2, -0.15) is 0 Å². The van der Waals surface area contributed by atoms with Crippen LogP contribution in [0.3, 0.4) is 0 Å². The molecule has 0 saturated carbocycles. The first-order valence-electron chi connectivity index (χ1n) is 6.52. The van der Waals surface area contributed by atoms with E-state index in [2.05, 4.69) is 5.32 Å². The zero-order chi connectivity index (χ0) is 14.7. The summed E-state index contributed by atoms with van der Waals surface area (Å²) >= 11 is 0. The molecule has 1 heterocycles. The van der Waals surface area contributed by atoms with Gasteiger partial charge in [-0.1, -0.05) is 12.1 Å². The fourth-order valence-corrected chi connectivity index (χ4v) is 2.59. The maximum Gasteiger partial charge on any atom is 0.292 e. The smallest absolute Gasteiger partial charge is 0.292 e. The molecule has 7 nitrogen and oxygen atoms in total. The first-order chi connectivity index (χ1) is 9.54. The van der Waals surface area contributed by atoms with Gasteiger partial charge in [-0.05, 0) is 24.9 Å². The number of hydrogen-bond acceptors (Lipinski definition) is 5. The van der Waals surface area contributed by atoms with Crippen molar-refractivity contribution in [3.05, 3.63) is 33.9 Å². The van der Waals surface area contributed by atoms with Gasteiger partial charge in [-0.3, -0.25) is 19.8 Å². The molecular weight excluding hydrogens is 260 g/mol. The van der Waals surface area contributed by atoms with Crippen molar-refractivity contribution in [2.75, 3.05) is 19.3 Å². The lowest BCUT2D eigenvalue weighted by Crippen LogP contribution is -2.41. The highest BCUT2D eigenvalue weighted by Crippen LogP contribution is 2.28. The lowest BCUT2D eigenvalue weighted by atomic mass is 10.1. The Morgan fingerprint density at radius 2 is 2.35 bits per heavy atom. The molecule has 0 aliphatic carbocycles. The first kappa shape index (κ1) is 14.3. The third-order valence-electron chi connectivity index (χ3n) is 3.66. The van der Waals surface area contributed by atoms with E-state index in [1.54, 1.807) is 19.2 Å². The van der Waals surface area contributed by atoms with Gasteiger partial charge in [0, 0.05) is 19.7 Å². The number of nitro groups is 1. The first-order valence-corrected chi connectivity index (χ1v) is 6.52. The number of benzene rings is 1. The number of nitrogens with one attached hydrogen (secondary N) is 1. The van der Waals surface area contributed by atoms with Crippen molar-refractivity contribution < 1.29 is 9.72 Å². The number of anilines is 1. The maximum atomic E-state index is 11.8. The molecule has 1 aromatic rings. The molecule has 2 rings (SSSR count). The van der Waals surface area contributed by atoms with Crippen LogP contribution in [0.25, 0.3) is 0 Å². The highest BCUT2D eigenvalue weighted by Gasteiger charge is 2.30. The van der Waals surface area contributed by atoms with E-state index in [9.17, 15) is 14.9 Å². The number of amides is 1. The number of nitrogens with two attached hydrogens (primary N) is 1. The number of nitro benzene ring substituents is 1. The second kappa shape index (κ2) is 5.87. The van der Waals surface area contributed by atoms with Gasteiger partial charge in [0.2, 0.25) is 5.91 Å². The average molecular weight is 278 g/mol. The van der Waals surface area contributed by atoms with Gasteiger partial charge in [0.15, 0.2) is 0 Å². The van der Waals surface area contributed by atoms with E-state index in [0.717, 1.165) is 19.4 Å². The molecule has 1 aromatic carbocycles. The summed E-state index contributed by atoms with van der Waals surface area (Å²) in [7, 11) is 1.61. The minimum atomic E-state index is -0.487. The van der Waals surface area contributed by atoms with Crippen LogP contribution in [0.15, 0.2) is 18.2 Å². The van der Waals surface area contributed by atoms with Crippen LogP contribution in [0.5, 0.6) is 0 Å². The Morgan fingerprint density at radius 3 is 3.00 bits per heavy atom. The normalized spacial score (nSPS) is 18.9. The zero-order valence-electron chi connectivity index (χ0n) is 11.3. The second-order valence-electron chi connectivity index (χ2n) is 4.85. The van der Waals surface area contributed by atoms with Crippen molar-refractivity contribution in [1.29, 1.82) is 0 Å². The van der Waals surface area contributed by atoms with E-state index in [4.69, 9.17) is 5.73 Å². The van der Waals surface area contributed by atoms with Crippen LogP contribution in [0, 0.1) is 10.1 Å². The number of nitrogen functional groups attached to an aromatic ring is 1. The molecule has 1 fully saturated rings. The number of rotatable bonds is 4. The lowest BCUT2D eigenvalue weighted by molar-refractivity contribution is -0.384. The van der Waals surface area contributed by atoms with Crippen molar-refractivity contribution in [2.45, 2.75) is 25.4 Å². The van der Waals surface area contributed by atoms with Gasteiger partial charge in [0.25, 0.3) is 5.69 Å². The highest BCUT2D eigenvalue weighted by molar-refractivity contribution is 5.81. The summed E-state index contributed by atoms with van der Waals surface area (Å²) in [6, 6.07) is 4.59. The molecular formula is C13H18N4O3. The van der Waals surface area contributed by atoms with Gasteiger partial charge >= 0.3 is 0 Å². The average Bonchev–Trinajstić information content (AvgIpc) is 2.88. The molecule has 108 valence electrons. The van der Waals surface area contributed by atoms with Crippen LogP contribution in [0.4, 0.5) is 11.4 Å². The van der Waals surface area contributed by atoms with Gasteiger partial charge in [0.1, 0.15) is 5.69 Å². The molecule has 1 amide bonds. The molecule has 1 unspecified atom stereocenters. The molecule has 1 aliphatic rings. The lowest BCUT2D eigenvalue weighted by Gasteiger charge is -2.23. The molecule has 3 N–H and O–H groups in total. The third kappa shape index (κ3) is 2.72. The Hall–Kier alpha value is -2.15. The summed E-state index contributed by atoms with van der Waals surface area (Å²) in [5.74, 6) is -0.0218. The number of carbonyl (C=O) groups excluding carboxylic acids is 1. The maximum absolute atomic E-state index is 11.8. The van der Waals surface area contributed by atoms with Crippen molar-refractivity contribution in [1.82, 2.24) is 10.2 Å². The minimum absolute atomic E-state index is 0.0218. The molecule has 1 atom stereocenters. The van der Waals surface area contributed by atoms with Gasteiger partial charge in [-0.25, -0.2) is 0 Å². The topological polar surface area (TPSA) is 102 Å². The van der Waals surface area contributed by atoms with Crippen LogP contribution >= 0.6 is 0 Å². The standard InChI is InChI=1S/C13H18N4O3/c1-15-13(18)11-6-3-7-16(11)8-9-4-2-5-10(12(9)14)17(19)20/h2,4-5,11H,3,6-8,14H2,1H3,(H,15,18). The Morgan fingerprint density at radius 1 is 1.60 bits per heavy atom. The Balaban J connectivity index is 2.20. The molecule has 20 heavy (non-hydrogen) atoms. The number of likely N-dealkylation sites (N-methyl/N-ethyl adjacent to an activating group) is 1. The van der Waals surface area contributed by atoms with Crippen LogP contribution in [0.1, 0.15) is 18.4 Å². The number of likely N-dealkylation sites (tertiary alicyclic amines) is 1. The van der Waals surface area contributed by atoms with Gasteiger partial charge in [0.05, 0.1) is 11.0 Å². The monoisotopic (exact) mass is 278 g/mol. The van der Waals surface area contributed by atoms with Crippen molar-refractivity contribution in [3.63, 3.8) is 0 Å². The summed E-state index contributed by atoms with van der Waals surface area (Å²) < 4.78 is 0. The van der Waals surface area contributed by atoms with E-state index >= 15 is 0 Å². The van der Waals surface area contributed by atoms with Crippen molar-refractivity contribution in [2.24, 2.45) is 0 Å².